The molecule has 1 unspecified atom stereocenters. The highest BCUT2D eigenvalue weighted by molar-refractivity contribution is 9.10. The number of hydrogen-bond donors (Lipinski definition) is 2. The Morgan fingerprint density at radius 2 is 1.88 bits per heavy atom. The Morgan fingerprint density at radius 3 is 2.44 bits per heavy atom. The van der Waals surface area contributed by atoms with E-state index < -0.39 is 0 Å². The monoisotopic (exact) mass is 282 g/mol. The summed E-state index contributed by atoms with van der Waals surface area (Å²) in [6.45, 7) is 2.10. The fourth-order valence-corrected chi connectivity index (χ4v) is 2.74. The summed E-state index contributed by atoms with van der Waals surface area (Å²) in [6.07, 6.45) is 5.36. The highest BCUT2D eigenvalue weighted by atomic mass is 79.9. The molecule has 2 nitrogen and oxygen atoms in total. The van der Waals surface area contributed by atoms with Gasteiger partial charge in [0.25, 0.3) is 0 Å². The quantitative estimate of drug-likeness (QED) is 0.762. The molecule has 0 aromatic heterocycles. The van der Waals surface area contributed by atoms with Gasteiger partial charge in [-0.05, 0) is 38.3 Å². The Morgan fingerprint density at radius 1 is 1.25 bits per heavy atom. The second-order valence-corrected chi connectivity index (χ2v) is 5.29. The molecule has 2 N–H and O–H groups in total. The Bertz CT molecular complexity index is 415. The lowest BCUT2D eigenvalue weighted by Crippen LogP contribution is -2.02. The molecule has 3 heteroatoms. The molecule has 0 saturated carbocycles. The maximum Gasteiger partial charge on any atom is 0.124 e. The molecule has 1 aromatic carbocycles. The van der Waals surface area contributed by atoms with Crippen LogP contribution in [0.5, 0.6) is 11.5 Å². The molecular weight excluding hydrogens is 268 g/mol. The van der Waals surface area contributed by atoms with Gasteiger partial charge in [-0.3, -0.25) is 0 Å². The van der Waals surface area contributed by atoms with Crippen molar-refractivity contribution >= 4 is 15.9 Å². The van der Waals surface area contributed by atoms with E-state index >= 15 is 0 Å². The van der Waals surface area contributed by atoms with Crippen LogP contribution in [0.3, 0.4) is 0 Å². The predicted octanol–water partition coefficient (Wildman–Crippen LogP) is 4.07. The minimum Gasteiger partial charge on any atom is -0.507 e. The van der Waals surface area contributed by atoms with Gasteiger partial charge in [0.05, 0.1) is 0 Å². The first-order chi connectivity index (χ1) is 7.58. The zero-order valence-corrected chi connectivity index (χ0v) is 10.8. The molecule has 0 radical (unpaired) electrons. The van der Waals surface area contributed by atoms with Crippen molar-refractivity contribution < 1.29 is 10.2 Å². The zero-order valence-electron chi connectivity index (χ0n) is 9.20. The third-order valence-electron chi connectivity index (χ3n) is 3.04. The van der Waals surface area contributed by atoms with Gasteiger partial charge >= 0.3 is 0 Å². The molecule has 0 aliphatic heterocycles. The Labute approximate surface area is 104 Å². The van der Waals surface area contributed by atoms with Crippen molar-refractivity contribution in [3.05, 3.63) is 33.8 Å². The van der Waals surface area contributed by atoms with Crippen molar-refractivity contribution in [1.82, 2.24) is 0 Å². The molecule has 0 bridgehead atoms. The molecule has 1 aliphatic rings. The van der Waals surface area contributed by atoms with E-state index in [-0.39, 0.29) is 17.4 Å². The molecule has 1 aromatic rings. The Balaban J connectivity index is 2.44. The van der Waals surface area contributed by atoms with E-state index in [0.29, 0.717) is 10.0 Å². The highest BCUT2D eigenvalue weighted by Crippen LogP contribution is 2.42. The number of hydrogen-bond acceptors (Lipinski definition) is 2. The third kappa shape index (κ3) is 2.24. The molecule has 1 atom stereocenters. The van der Waals surface area contributed by atoms with Crippen molar-refractivity contribution in [3.63, 3.8) is 0 Å². The maximum absolute atomic E-state index is 9.89. The summed E-state index contributed by atoms with van der Waals surface area (Å²) in [5.41, 5.74) is 1.99. The second-order valence-electron chi connectivity index (χ2n) is 4.37. The van der Waals surface area contributed by atoms with Crippen molar-refractivity contribution in [2.45, 2.75) is 32.1 Å². The van der Waals surface area contributed by atoms with Gasteiger partial charge in [0.15, 0.2) is 0 Å². The Hall–Kier alpha value is -0.960. The first-order valence-corrected chi connectivity index (χ1v) is 6.26. The summed E-state index contributed by atoms with van der Waals surface area (Å²) >= 11 is 3.25. The molecule has 0 spiro atoms. The van der Waals surface area contributed by atoms with E-state index in [4.69, 9.17) is 0 Å². The fraction of sp³-hybridized carbons (Fsp3) is 0.385. The number of benzene rings is 1. The highest BCUT2D eigenvalue weighted by Gasteiger charge is 2.20. The average molecular weight is 283 g/mol. The van der Waals surface area contributed by atoms with Gasteiger partial charge in [-0.15, -0.1) is 0 Å². The second kappa shape index (κ2) is 4.50. The van der Waals surface area contributed by atoms with Crippen LogP contribution in [0, 0.1) is 0 Å². The summed E-state index contributed by atoms with van der Waals surface area (Å²) in [5, 5.41) is 19.8. The smallest absolute Gasteiger partial charge is 0.124 e. The molecule has 0 heterocycles. The standard InChI is InChI=1S/C13H15BrO2/c1-8-3-2-4-9(5-8)13-11(15)6-10(14)7-12(13)16/h5-7,9,15-16H,2-4H2,1H3. The SMILES string of the molecule is CC1=CC(c2c(O)cc(Br)cc2O)CCC1. The molecule has 1 aliphatic carbocycles. The fourth-order valence-electron chi connectivity index (χ4n) is 2.31. The van der Waals surface area contributed by atoms with Crippen LogP contribution >= 0.6 is 15.9 Å². The van der Waals surface area contributed by atoms with E-state index in [2.05, 4.69) is 28.9 Å². The first-order valence-electron chi connectivity index (χ1n) is 5.46. The van der Waals surface area contributed by atoms with Crippen LogP contribution in [0.2, 0.25) is 0 Å². The minimum atomic E-state index is 0.141. The van der Waals surface area contributed by atoms with Crippen LogP contribution in [-0.4, -0.2) is 10.2 Å². The summed E-state index contributed by atoms with van der Waals surface area (Å²) in [4.78, 5) is 0. The summed E-state index contributed by atoms with van der Waals surface area (Å²) < 4.78 is 0.697. The number of phenolic OH excluding ortho intramolecular Hbond substituents is 2. The normalized spacial score (nSPS) is 20.6. The van der Waals surface area contributed by atoms with E-state index in [9.17, 15) is 10.2 Å². The van der Waals surface area contributed by atoms with Crippen molar-refractivity contribution in [2.24, 2.45) is 0 Å². The zero-order chi connectivity index (χ0) is 11.7. The number of allylic oxidation sites excluding steroid dienone is 2. The number of rotatable bonds is 1. The van der Waals surface area contributed by atoms with Gasteiger partial charge < -0.3 is 10.2 Å². The number of aromatic hydroxyl groups is 2. The molecule has 0 saturated heterocycles. The molecule has 86 valence electrons. The van der Waals surface area contributed by atoms with Crippen LogP contribution in [0.1, 0.15) is 37.7 Å². The lowest BCUT2D eigenvalue weighted by atomic mass is 9.85. The topological polar surface area (TPSA) is 40.5 Å². The minimum absolute atomic E-state index is 0.141. The van der Waals surface area contributed by atoms with E-state index in [0.717, 1.165) is 19.3 Å². The number of phenols is 2. The van der Waals surface area contributed by atoms with Gasteiger partial charge in [0, 0.05) is 16.0 Å². The number of halogens is 1. The average Bonchev–Trinajstić information content (AvgIpc) is 2.15. The van der Waals surface area contributed by atoms with Crippen LogP contribution in [0.4, 0.5) is 0 Å². The van der Waals surface area contributed by atoms with Gasteiger partial charge in [-0.1, -0.05) is 27.6 Å². The van der Waals surface area contributed by atoms with Gasteiger partial charge in [0.1, 0.15) is 11.5 Å². The molecule has 0 fully saturated rings. The van der Waals surface area contributed by atoms with E-state index in [1.165, 1.54) is 5.57 Å². The van der Waals surface area contributed by atoms with Gasteiger partial charge in [-0.2, -0.15) is 0 Å². The predicted molar refractivity (Wildman–Crippen MR) is 67.8 cm³/mol. The first kappa shape index (κ1) is 11.5. The van der Waals surface area contributed by atoms with Gasteiger partial charge in [0.2, 0.25) is 0 Å². The molecule has 0 amide bonds. The van der Waals surface area contributed by atoms with E-state index in [1.807, 2.05) is 0 Å². The summed E-state index contributed by atoms with van der Waals surface area (Å²) in [5.74, 6) is 0.479. The largest absolute Gasteiger partial charge is 0.507 e. The van der Waals surface area contributed by atoms with Crippen LogP contribution in [-0.2, 0) is 0 Å². The van der Waals surface area contributed by atoms with Crippen molar-refractivity contribution in [2.75, 3.05) is 0 Å². The summed E-state index contributed by atoms with van der Waals surface area (Å²) in [6, 6.07) is 3.26. The lowest BCUT2D eigenvalue weighted by molar-refractivity contribution is 0.428. The van der Waals surface area contributed by atoms with Crippen LogP contribution in [0.15, 0.2) is 28.3 Å². The Kier molecular flexibility index (Phi) is 3.24. The van der Waals surface area contributed by atoms with Crippen molar-refractivity contribution in [1.29, 1.82) is 0 Å². The van der Waals surface area contributed by atoms with Gasteiger partial charge in [-0.25, -0.2) is 0 Å². The lowest BCUT2D eigenvalue weighted by Gasteiger charge is -2.21. The van der Waals surface area contributed by atoms with E-state index in [1.54, 1.807) is 12.1 Å². The maximum atomic E-state index is 9.89. The molecule has 2 rings (SSSR count). The van der Waals surface area contributed by atoms with Crippen LogP contribution < -0.4 is 0 Å². The molecule has 16 heavy (non-hydrogen) atoms. The third-order valence-corrected chi connectivity index (χ3v) is 3.50. The van der Waals surface area contributed by atoms with Crippen molar-refractivity contribution in [3.8, 4) is 11.5 Å². The summed E-state index contributed by atoms with van der Waals surface area (Å²) in [7, 11) is 0. The molecular formula is C13H15BrO2. The van der Waals surface area contributed by atoms with Crippen LogP contribution in [0.25, 0.3) is 0 Å².